The number of hydrogen-bond donors (Lipinski definition) is 1. The Morgan fingerprint density at radius 3 is 3.07 bits per heavy atom. The van der Waals surface area contributed by atoms with E-state index in [0.717, 1.165) is 37.3 Å². The number of aryl methyl sites for hydroxylation is 1. The number of nitrogens with zero attached hydrogens (tertiary/aromatic N) is 2. The van der Waals surface area contributed by atoms with Crippen LogP contribution in [0.1, 0.15) is 25.3 Å². The second kappa shape index (κ2) is 3.93. The van der Waals surface area contributed by atoms with Gasteiger partial charge in [-0.05, 0) is 30.9 Å². The molecule has 2 N–H and O–H groups in total. The van der Waals surface area contributed by atoms with Crippen LogP contribution in [0.2, 0.25) is 0 Å². The molecule has 3 heteroatoms. The highest BCUT2D eigenvalue weighted by Crippen LogP contribution is 2.30. The molecule has 1 aliphatic heterocycles. The highest BCUT2D eigenvalue weighted by atomic mass is 15.2. The van der Waals surface area contributed by atoms with E-state index < -0.39 is 0 Å². The SMILES string of the molecule is C=C1CCc2cc(N)cnc2N1CCC. The summed E-state index contributed by atoms with van der Waals surface area (Å²) in [7, 11) is 0. The van der Waals surface area contributed by atoms with Gasteiger partial charge in [0.05, 0.1) is 11.9 Å². The molecular formula is C12H17N3. The number of hydrogen-bond acceptors (Lipinski definition) is 3. The van der Waals surface area contributed by atoms with Crippen molar-refractivity contribution >= 4 is 11.5 Å². The summed E-state index contributed by atoms with van der Waals surface area (Å²) >= 11 is 0. The molecule has 0 bridgehead atoms. The number of nitrogens with two attached hydrogens (primary N) is 1. The minimum Gasteiger partial charge on any atom is -0.397 e. The third kappa shape index (κ3) is 1.82. The van der Waals surface area contributed by atoms with Crippen molar-refractivity contribution in [3.63, 3.8) is 0 Å². The van der Waals surface area contributed by atoms with E-state index in [2.05, 4.69) is 23.4 Å². The first kappa shape index (κ1) is 10.0. The van der Waals surface area contributed by atoms with Gasteiger partial charge in [-0.1, -0.05) is 13.5 Å². The molecule has 0 radical (unpaired) electrons. The van der Waals surface area contributed by atoms with Crippen LogP contribution in [0.4, 0.5) is 11.5 Å². The number of aromatic nitrogens is 1. The van der Waals surface area contributed by atoms with Crippen LogP contribution >= 0.6 is 0 Å². The molecule has 15 heavy (non-hydrogen) atoms. The first-order chi connectivity index (χ1) is 7.22. The smallest absolute Gasteiger partial charge is 0.136 e. The molecule has 3 nitrogen and oxygen atoms in total. The molecule has 0 spiro atoms. The van der Waals surface area contributed by atoms with Gasteiger partial charge in [0.25, 0.3) is 0 Å². The Kier molecular flexibility index (Phi) is 2.62. The molecule has 80 valence electrons. The molecular weight excluding hydrogens is 186 g/mol. The molecule has 0 saturated heterocycles. The average molecular weight is 203 g/mol. The second-order valence-corrected chi connectivity index (χ2v) is 3.97. The number of anilines is 2. The van der Waals surface area contributed by atoms with Gasteiger partial charge < -0.3 is 10.6 Å². The van der Waals surface area contributed by atoms with Crippen LogP contribution in [0, 0.1) is 0 Å². The third-order valence-electron chi connectivity index (χ3n) is 2.73. The predicted octanol–water partition coefficient (Wildman–Crippen LogP) is 2.34. The van der Waals surface area contributed by atoms with Crippen molar-refractivity contribution in [3.8, 4) is 0 Å². The molecule has 0 aliphatic carbocycles. The average Bonchev–Trinajstić information content (AvgIpc) is 2.22. The molecule has 0 saturated carbocycles. The van der Waals surface area contributed by atoms with Gasteiger partial charge in [-0.15, -0.1) is 0 Å². The zero-order chi connectivity index (χ0) is 10.8. The summed E-state index contributed by atoms with van der Waals surface area (Å²) in [4.78, 5) is 6.62. The summed E-state index contributed by atoms with van der Waals surface area (Å²) in [6.07, 6.45) is 4.84. The van der Waals surface area contributed by atoms with Crippen molar-refractivity contribution in [1.29, 1.82) is 0 Å². The quantitative estimate of drug-likeness (QED) is 0.802. The molecule has 2 heterocycles. The lowest BCUT2D eigenvalue weighted by Crippen LogP contribution is -2.28. The van der Waals surface area contributed by atoms with Gasteiger partial charge in [0.2, 0.25) is 0 Å². The van der Waals surface area contributed by atoms with Gasteiger partial charge in [-0.3, -0.25) is 0 Å². The topological polar surface area (TPSA) is 42.1 Å². The zero-order valence-electron chi connectivity index (χ0n) is 9.16. The number of rotatable bonds is 2. The second-order valence-electron chi connectivity index (χ2n) is 3.97. The van der Waals surface area contributed by atoms with E-state index in [9.17, 15) is 0 Å². The molecule has 0 unspecified atom stereocenters. The van der Waals surface area contributed by atoms with Crippen LogP contribution in [0.5, 0.6) is 0 Å². The van der Waals surface area contributed by atoms with Gasteiger partial charge in [-0.2, -0.15) is 0 Å². The van der Waals surface area contributed by atoms with Gasteiger partial charge in [0, 0.05) is 12.2 Å². The molecule has 0 amide bonds. The van der Waals surface area contributed by atoms with Crippen LogP contribution in [0.3, 0.4) is 0 Å². The van der Waals surface area contributed by atoms with Gasteiger partial charge in [0.1, 0.15) is 5.82 Å². The van der Waals surface area contributed by atoms with E-state index in [0.29, 0.717) is 0 Å². The van der Waals surface area contributed by atoms with Crippen LogP contribution in [0.25, 0.3) is 0 Å². The van der Waals surface area contributed by atoms with Crippen molar-refractivity contribution in [2.45, 2.75) is 26.2 Å². The van der Waals surface area contributed by atoms with Crippen molar-refractivity contribution in [2.75, 3.05) is 17.2 Å². The lowest BCUT2D eigenvalue weighted by molar-refractivity contribution is 0.748. The zero-order valence-corrected chi connectivity index (χ0v) is 9.16. The molecule has 1 aromatic rings. The Balaban J connectivity index is 2.39. The van der Waals surface area contributed by atoms with E-state index in [1.165, 1.54) is 11.3 Å². The lowest BCUT2D eigenvalue weighted by Gasteiger charge is -2.31. The van der Waals surface area contributed by atoms with Crippen molar-refractivity contribution in [1.82, 2.24) is 4.98 Å². The normalized spacial score (nSPS) is 15.3. The van der Waals surface area contributed by atoms with Crippen LogP contribution in [-0.2, 0) is 6.42 Å². The first-order valence-corrected chi connectivity index (χ1v) is 5.42. The van der Waals surface area contributed by atoms with Gasteiger partial charge >= 0.3 is 0 Å². The van der Waals surface area contributed by atoms with E-state index in [1.54, 1.807) is 6.20 Å². The monoisotopic (exact) mass is 203 g/mol. The van der Waals surface area contributed by atoms with Crippen LogP contribution in [-0.4, -0.2) is 11.5 Å². The molecule has 1 aliphatic rings. The van der Waals surface area contributed by atoms with E-state index in [1.807, 2.05) is 6.07 Å². The van der Waals surface area contributed by atoms with Crippen LogP contribution < -0.4 is 10.6 Å². The first-order valence-electron chi connectivity index (χ1n) is 5.42. The molecule has 0 fully saturated rings. The lowest BCUT2D eigenvalue weighted by atomic mass is 10.0. The Morgan fingerprint density at radius 2 is 2.33 bits per heavy atom. The fourth-order valence-corrected chi connectivity index (χ4v) is 2.00. The van der Waals surface area contributed by atoms with Crippen molar-refractivity contribution < 1.29 is 0 Å². The minimum atomic E-state index is 0.748. The van der Waals surface area contributed by atoms with E-state index in [-0.39, 0.29) is 0 Å². The third-order valence-corrected chi connectivity index (χ3v) is 2.73. The summed E-state index contributed by atoms with van der Waals surface area (Å²) in [5.74, 6) is 1.04. The summed E-state index contributed by atoms with van der Waals surface area (Å²) < 4.78 is 0. The number of allylic oxidation sites excluding steroid dienone is 1. The van der Waals surface area contributed by atoms with E-state index in [4.69, 9.17) is 5.73 Å². The highest BCUT2D eigenvalue weighted by Gasteiger charge is 2.20. The summed E-state index contributed by atoms with van der Waals surface area (Å²) in [5, 5.41) is 0. The Bertz CT molecular complexity index is 384. The fraction of sp³-hybridized carbons (Fsp3) is 0.417. The molecule has 1 aromatic heterocycles. The number of pyridine rings is 1. The standard InChI is InChI=1S/C12H17N3/c1-3-6-15-9(2)4-5-10-7-11(13)8-14-12(10)15/h7-8H,2-6,13H2,1H3. The summed E-state index contributed by atoms with van der Waals surface area (Å²) in [6.45, 7) is 7.24. The molecule has 0 atom stereocenters. The molecule has 0 aromatic carbocycles. The van der Waals surface area contributed by atoms with Gasteiger partial charge in [-0.25, -0.2) is 4.98 Å². The maximum Gasteiger partial charge on any atom is 0.136 e. The van der Waals surface area contributed by atoms with Crippen LogP contribution in [0.15, 0.2) is 24.5 Å². The molecule has 2 rings (SSSR count). The fourth-order valence-electron chi connectivity index (χ4n) is 2.00. The van der Waals surface area contributed by atoms with Crippen molar-refractivity contribution in [2.24, 2.45) is 0 Å². The number of fused-ring (bicyclic) bond motifs is 1. The summed E-state index contributed by atoms with van der Waals surface area (Å²) in [6, 6.07) is 2.03. The summed E-state index contributed by atoms with van der Waals surface area (Å²) in [5.41, 5.74) is 8.89. The Morgan fingerprint density at radius 1 is 1.53 bits per heavy atom. The highest BCUT2D eigenvalue weighted by molar-refractivity contribution is 5.58. The maximum atomic E-state index is 5.73. The Hall–Kier alpha value is -1.51. The van der Waals surface area contributed by atoms with E-state index >= 15 is 0 Å². The largest absolute Gasteiger partial charge is 0.397 e. The van der Waals surface area contributed by atoms with Gasteiger partial charge in [0.15, 0.2) is 0 Å². The number of nitrogen functional groups attached to an aromatic ring is 1. The maximum absolute atomic E-state index is 5.73. The van der Waals surface area contributed by atoms with Crippen molar-refractivity contribution in [3.05, 3.63) is 30.1 Å². The predicted molar refractivity (Wildman–Crippen MR) is 63.7 cm³/mol. The Labute approximate surface area is 90.6 Å². The minimum absolute atomic E-state index is 0.748.